The van der Waals surface area contributed by atoms with Gasteiger partial charge in [-0.05, 0) is 20.3 Å². The van der Waals surface area contributed by atoms with E-state index in [9.17, 15) is 4.79 Å². The number of carbonyl (C=O) groups excluding carboxylic acids is 1. The minimum atomic E-state index is -0.642. The fraction of sp³-hybridized carbons (Fsp3) is 0.947. The fourth-order valence-corrected chi connectivity index (χ4v) is 2.63. The molecule has 0 aliphatic heterocycles. The number of halogens is 1. The Balaban J connectivity index is 0. The Kier molecular flexibility index (Phi) is 17.4. The van der Waals surface area contributed by atoms with Crippen molar-refractivity contribution in [1.29, 1.82) is 0 Å². The maximum absolute atomic E-state index is 11.6. The van der Waals surface area contributed by atoms with Gasteiger partial charge in [0.25, 0.3) is 0 Å². The highest BCUT2D eigenvalue weighted by Crippen LogP contribution is 2.14. The Morgan fingerprint density at radius 3 is 1.36 bits per heavy atom. The first-order valence-electron chi connectivity index (χ1n) is 9.30. The predicted molar refractivity (Wildman–Crippen MR) is 101 cm³/mol. The summed E-state index contributed by atoms with van der Waals surface area (Å²) in [6.45, 7) is 5.88. The monoisotopic (exact) mass is 333 g/mol. The third kappa shape index (κ3) is 16.3. The van der Waals surface area contributed by atoms with Gasteiger partial charge in [-0.3, -0.25) is 4.79 Å². The van der Waals surface area contributed by atoms with Gasteiger partial charge in [0.1, 0.15) is 0 Å². The largest absolute Gasteiger partial charge is 0.319 e. The van der Waals surface area contributed by atoms with Crippen molar-refractivity contribution in [2.24, 2.45) is 5.73 Å². The molecule has 0 aromatic rings. The van der Waals surface area contributed by atoms with Gasteiger partial charge in [-0.2, -0.15) is 0 Å². The third-order valence-electron chi connectivity index (χ3n) is 4.23. The Morgan fingerprint density at radius 2 is 1.05 bits per heavy atom. The molecular weight excluding hydrogens is 294 g/mol. The zero-order chi connectivity index (χ0) is 16.0. The van der Waals surface area contributed by atoms with E-state index in [2.05, 4.69) is 6.92 Å². The summed E-state index contributed by atoms with van der Waals surface area (Å²) in [6.07, 6.45) is 18.1. The van der Waals surface area contributed by atoms with Crippen molar-refractivity contribution in [2.75, 3.05) is 0 Å². The average molecular weight is 334 g/mol. The van der Waals surface area contributed by atoms with Gasteiger partial charge in [0.2, 0.25) is 0 Å². The van der Waals surface area contributed by atoms with Crippen LogP contribution in [0.5, 0.6) is 0 Å². The van der Waals surface area contributed by atoms with E-state index < -0.39 is 5.54 Å². The molecule has 0 aliphatic carbocycles. The number of hydrogen-bond donors (Lipinski definition) is 1. The third-order valence-corrected chi connectivity index (χ3v) is 4.23. The summed E-state index contributed by atoms with van der Waals surface area (Å²) in [5, 5.41) is 0. The molecule has 0 aromatic heterocycles. The van der Waals surface area contributed by atoms with E-state index in [4.69, 9.17) is 5.73 Å². The Labute approximate surface area is 145 Å². The Morgan fingerprint density at radius 1 is 0.727 bits per heavy atom. The lowest BCUT2D eigenvalue weighted by Crippen LogP contribution is -2.41. The molecule has 0 atom stereocenters. The molecular formula is C19H40ClNO. The van der Waals surface area contributed by atoms with Crippen molar-refractivity contribution >= 4 is 18.2 Å². The van der Waals surface area contributed by atoms with Crippen LogP contribution in [0.25, 0.3) is 0 Å². The van der Waals surface area contributed by atoms with Crippen molar-refractivity contribution in [3.8, 4) is 0 Å². The van der Waals surface area contributed by atoms with Crippen LogP contribution in [0, 0.1) is 0 Å². The molecule has 0 bridgehead atoms. The summed E-state index contributed by atoms with van der Waals surface area (Å²) in [5.74, 6) is 0.200. The molecule has 0 heterocycles. The first kappa shape index (κ1) is 24.2. The second kappa shape index (κ2) is 15.8. The van der Waals surface area contributed by atoms with Crippen LogP contribution in [0.4, 0.5) is 0 Å². The molecule has 134 valence electrons. The van der Waals surface area contributed by atoms with E-state index in [1.807, 2.05) is 0 Å². The number of rotatable bonds is 15. The van der Waals surface area contributed by atoms with Crippen molar-refractivity contribution in [3.63, 3.8) is 0 Å². The number of ketones is 1. The van der Waals surface area contributed by atoms with E-state index in [1.165, 1.54) is 77.0 Å². The van der Waals surface area contributed by atoms with Crippen LogP contribution in [-0.4, -0.2) is 11.3 Å². The van der Waals surface area contributed by atoms with Crippen molar-refractivity contribution < 1.29 is 4.79 Å². The van der Waals surface area contributed by atoms with Gasteiger partial charge in [0.15, 0.2) is 5.78 Å². The van der Waals surface area contributed by atoms with Gasteiger partial charge >= 0.3 is 0 Å². The maximum atomic E-state index is 11.6. The Bertz CT molecular complexity index is 248. The molecule has 0 fully saturated rings. The zero-order valence-electron chi connectivity index (χ0n) is 15.3. The molecule has 3 heteroatoms. The number of Topliss-reactive ketones (excluding diaryl/α,β-unsaturated/α-hetero) is 1. The van der Waals surface area contributed by atoms with Crippen molar-refractivity contribution in [3.05, 3.63) is 0 Å². The highest BCUT2D eigenvalue weighted by atomic mass is 35.5. The molecule has 22 heavy (non-hydrogen) atoms. The van der Waals surface area contributed by atoms with Crippen LogP contribution in [0.3, 0.4) is 0 Å². The van der Waals surface area contributed by atoms with E-state index in [1.54, 1.807) is 13.8 Å². The fourth-order valence-electron chi connectivity index (χ4n) is 2.63. The summed E-state index contributed by atoms with van der Waals surface area (Å²) >= 11 is 0. The van der Waals surface area contributed by atoms with E-state index in [0.29, 0.717) is 6.42 Å². The lowest BCUT2D eigenvalue weighted by Gasteiger charge is -2.16. The summed E-state index contributed by atoms with van der Waals surface area (Å²) in [7, 11) is 0. The summed E-state index contributed by atoms with van der Waals surface area (Å²) < 4.78 is 0. The number of carbonyl (C=O) groups is 1. The van der Waals surface area contributed by atoms with Crippen LogP contribution < -0.4 is 5.73 Å². The molecule has 0 rings (SSSR count). The number of nitrogens with two attached hydrogens (primary N) is 1. The van der Waals surface area contributed by atoms with Crippen molar-refractivity contribution in [2.45, 2.75) is 116 Å². The summed E-state index contributed by atoms with van der Waals surface area (Å²) in [5.41, 5.74) is 5.13. The van der Waals surface area contributed by atoms with Gasteiger partial charge in [-0.25, -0.2) is 0 Å². The van der Waals surface area contributed by atoms with Crippen molar-refractivity contribution in [1.82, 2.24) is 0 Å². The topological polar surface area (TPSA) is 43.1 Å². The lowest BCUT2D eigenvalue weighted by molar-refractivity contribution is -0.123. The SMILES string of the molecule is CCCCCCCCCCCCCCCC(=O)C(C)(C)N.Cl. The molecule has 2 N–H and O–H groups in total. The second-order valence-electron chi connectivity index (χ2n) is 7.14. The maximum Gasteiger partial charge on any atom is 0.152 e. The van der Waals surface area contributed by atoms with Gasteiger partial charge in [-0.15, -0.1) is 12.4 Å². The second-order valence-corrected chi connectivity index (χ2v) is 7.14. The zero-order valence-corrected chi connectivity index (χ0v) is 16.1. The summed E-state index contributed by atoms with van der Waals surface area (Å²) in [4.78, 5) is 11.6. The van der Waals surface area contributed by atoms with Gasteiger partial charge in [0, 0.05) is 6.42 Å². The van der Waals surface area contributed by atoms with Gasteiger partial charge in [-0.1, -0.05) is 84.0 Å². The van der Waals surface area contributed by atoms with Gasteiger partial charge in [0.05, 0.1) is 5.54 Å². The highest BCUT2D eigenvalue weighted by Gasteiger charge is 2.20. The van der Waals surface area contributed by atoms with Crippen LogP contribution >= 0.6 is 12.4 Å². The predicted octanol–water partition coefficient (Wildman–Crippen LogP) is 6.20. The normalized spacial score (nSPS) is 11.3. The molecule has 0 aliphatic rings. The van der Waals surface area contributed by atoms with Gasteiger partial charge < -0.3 is 5.73 Å². The smallest absolute Gasteiger partial charge is 0.152 e. The molecule has 0 radical (unpaired) electrons. The highest BCUT2D eigenvalue weighted by molar-refractivity contribution is 5.87. The molecule has 2 nitrogen and oxygen atoms in total. The first-order chi connectivity index (χ1) is 9.98. The van der Waals surface area contributed by atoms with E-state index in [0.717, 1.165) is 6.42 Å². The molecule has 0 unspecified atom stereocenters. The first-order valence-corrected chi connectivity index (χ1v) is 9.30. The minimum absolute atomic E-state index is 0. The van der Waals surface area contributed by atoms with Crippen LogP contribution in [0.2, 0.25) is 0 Å². The average Bonchev–Trinajstić information content (AvgIpc) is 2.42. The van der Waals surface area contributed by atoms with Crippen LogP contribution in [0.15, 0.2) is 0 Å². The molecule has 0 spiro atoms. The molecule has 0 saturated carbocycles. The molecule has 0 aromatic carbocycles. The van der Waals surface area contributed by atoms with Crippen LogP contribution in [0.1, 0.15) is 111 Å². The number of hydrogen-bond acceptors (Lipinski definition) is 2. The van der Waals surface area contributed by atoms with E-state index in [-0.39, 0.29) is 18.2 Å². The van der Waals surface area contributed by atoms with Crippen LogP contribution in [-0.2, 0) is 4.79 Å². The number of unbranched alkanes of at least 4 members (excludes halogenated alkanes) is 12. The standard InChI is InChI=1S/C19H39NO.ClH/c1-4-5-6-7-8-9-10-11-12-13-14-15-16-17-18(21)19(2,3)20;/h4-17,20H2,1-3H3;1H. The summed E-state index contributed by atoms with van der Waals surface area (Å²) in [6, 6.07) is 0. The van der Waals surface area contributed by atoms with E-state index >= 15 is 0 Å². The Hall–Kier alpha value is -0.0800. The minimum Gasteiger partial charge on any atom is -0.319 e. The lowest BCUT2D eigenvalue weighted by atomic mass is 9.95. The molecule has 0 saturated heterocycles. The quantitative estimate of drug-likeness (QED) is 0.363. The molecule has 0 amide bonds.